The van der Waals surface area contributed by atoms with Crippen molar-refractivity contribution in [2.75, 3.05) is 23.0 Å². The van der Waals surface area contributed by atoms with Crippen LogP contribution in [0.3, 0.4) is 0 Å². The Balaban J connectivity index is 1.69. The summed E-state index contributed by atoms with van der Waals surface area (Å²) in [6.07, 6.45) is 1.15. The van der Waals surface area contributed by atoms with Gasteiger partial charge in [-0.05, 0) is 26.7 Å². The summed E-state index contributed by atoms with van der Waals surface area (Å²) in [4.78, 5) is 12.1. The first kappa shape index (κ1) is 18.4. The number of rotatable bonds is 7. The van der Waals surface area contributed by atoms with Gasteiger partial charge in [0.2, 0.25) is 17.5 Å². The molecule has 3 aromatic rings. The summed E-state index contributed by atoms with van der Waals surface area (Å²) >= 11 is 0. The maximum atomic E-state index is 13.5. The first-order chi connectivity index (χ1) is 13.5. The summed E-state index contributed by atoms with van der Waals surface area (Å²) in [7, 11) is 0. The van der Waals surface area contributed by atoms with Gasteiger partial charge < -0.3 is 11.5 Å². The van der Waals surface area contributed by atoms with Crippen molar-refractivity contribution < 1.29 is 18.4 Å². The zero-order valence-corrected chi connectivity index (χ0v) is 13.9. The number of halogens is 1. The first-order valence-electron chi connectivity index (χ1n) is 7.46. The van der Waals surface area contributed by atoms with Crippen LogP contribution < -0.4 is 21.9 Å². The average Bonchev–Trinajstić information content (AvgIpc) is 3.28. The van der Waals surface area contributed by atoms with Crippen LogP contribution in [0.4, 0.5) is 27.7 Å². The van der Waals surface area contributed by atoms with Gasteiger partial charge >= 0.3 is 0 Å². The quantitative estimate of drug-likeness (QED) is 0.289. The molecule has 5 N–H and O–H groups in total. The monoisotopic (exact) mass is 389 g/mol. The number of amides is 1. The number of nitrogens with two attached hydrogens (primary N) is 2. The van der Waals surface area contributed by atoms with Crippen molar-refractivity contribution in [1.82, 2.24) is 26.1 Å². The van der Waals surface area contributed by atoms with Crippen molar-refractivity contribution >= 4 is 35.4 Å². The van der Waals surface area contributed by atoms with Crippen molar-refractivity contribution in [3.8, 4) is 0 Å². The molecule has 2 heterocycles. The topological polar surface area (TPSA) is 199 Å². The highest BCUT2D eigenvalue weighted by molar-refractivity contribution is 5.84. The molecule has 3 rings (SSSR count). The number of carbonyl (C=O) groups is 1. The molecular weight excluding hydrogens is 377 g/mol. The van der Waals surface area contributed by atoms with Gasteiger partial charge in [0.25, 0.3) is 11.7 Å². The van der Waals surface area contributed by atoms with Gasteiger partial charge in [0.1, 0.15) is 12.4 Å². The molecule has 0 spiro atoms. The molecule has 0 unspecified atom stereocenters. The number of nitrogen functional groups attached to an aromatic ring is 2. The van der Waals surface area contributed by atoms with Crippen molar-refractivity contribution in [2.45, 2.75) is 0 Å². The first-order valence-corrected chi connectivity index (χ1v) is 7.46. The van der Waals surface area contributed by atoms with Crippen LogP contribution in [0.15, 0.2) is 49.0 Å². The Kier molecular flexibility index (Phi) is 5.44. The van der Waals surface area contributed by atoms with E-state index in [1.165, 1.54) is 18.2 Å². The minimum Gasteiger partial charge on any atom is -0.378 e. The average molecular weight is 389 g/mol. The third kappa shape index (κ3) is 4.40. The van der Waals surface area contributed by atoms with E-state index in [-0.39, 0.29) is 28.8 Å². The predicted octanol–water partition coefficient (Wildman–Crippen LogP) is 0.412. The molecular formula is C13H12FN11O3. The second-order valence-electron chi connectivity index (χ2n) is 5.01. The van der Waals surface area contributed by atoms with E-state index < -0.39 is 18.3 Å². The zero-order chi connectivity index (χ0) is 19.9. The summed E-state index contributed by atoms with van der Waals surface area (Å²) in [5, 5.41) is 25.7. The normalized spacial score (nSPS) is 11.3. The lowest BCUT2D eigenvalue weighted by molar-refractivity contribution is -0.119. The van der Waals surface area contributed by atoms with Gasteiger partial charge in [-0.2, -0.15) is 5.10 Å². The van der Waals surface area contributed by atoms with Crippen LogP contribution in [0.5, 0.6) is 0 Å². The largest absolute Gasteiger partial charge is 0.378 e. The Morgan fingerprint density at radius 1 is 1.18 bits per heavy atom. The smallest absolute Gasteiger partial charge is 0.263 e. The lowest BCUT2D eigenvalue weighted by Crippen LogP contribution is -2.32. The molecule has 2 aromatic heterocycles. The molecule has 15 heteroatoms. The SMILES string of the molecule is Nc1nonc1N=NN(CC(=O)N/N=C/c1ccccc1F)c1nonc1N. The van der Waals surface area contributed by atoms with E-state index in [9.17, 15) is 9.18 Å². The maximum Gasteiger partial charge on any atom is 0.263 e. The molecule has 0 saturated heterocycles. The van der Waals surface area contributed by atoms with Crippen molar-refractivity contribution in [3.63, 3.8) is 0 Å². The molecule has 28 heavy (non-hydrogen) atoms. The zero-order valence-electron chi connectivity index (χ0n) is 13.9. The maximum absolute atomic E-state index is 13.5. The Hall–Kier alpha value is -4.43. The molecule has 0 aliphatic heterocycles. The van der Waals surface area contributed by atoms with Gasteiger partial charge in [-0.1, -0.05) is 23.4 Å². The summed E-state index contributed by atoms with van der Waals surface area (Å²) in [5.74, 6) is -1.62. The number of aromatic nitrogens is 4. The Morgan fingerprint density at radius 2 is 1.93 bits per heavy atom. The lowest BCUT2D eigenvalue weighted by Gasteiger charge is -2.12. The minimum atomic E-state index is -0.653. The van der Waals surface area contributed by atoms with Crippen LogP contribution in [0.2, 0.25) is 0 Å². The fourth-order valence-electron chi connectivity index (χ4n) is 1.80. The lowest BCUT2D eigenvalue weighted by atomic mass is 10.2. The minimum absolute atomic E-state index is 0.0907. The van der Waals surface area contributed by atoms with Gasteiger partial charge in [-0.25, -0.2) is 24.1 Å². The predicted molar refractivity (Wildman–Crippen MR) is 91.4 cm³/mol. The number of hydrogen-bond acceptors (Lipinski definition) is 12. The van der Waals surface area contributed by atoms with Crippen molar-refractivity contribution in [3.05, 3.63) is 35.6 Å². The number of nitrogens with one attached hydrogen (secondary N) is 1. The second-order valence-corrected chi connectivity index (χ2v) is 5.01. The van der Waals surface area contributed by atoms with Crippen LogP contribution in [0.25, 0.3) is 0 Å². The van der Waals surface area contributed by atoms with E-state index in [1.807, 2.05) is 0 Å². The summed E-state index contributed by atoms with van der Waals surface area (Å²) in [6, 6.07) is 5.90. The highest BCUT2D eigenvalue weighted by Gasteiger charge is 2.19. The number of carbonyl (C=O) groups excluding carboxylic acids is 1. The molecule has 1 amide bonds. The number of hydrazone groups is 1. The van der Waals surface area contributed by atoms with E-state index in [1.54, 1.807) is 6.07 Å². The molecule has 0 bridgehead atoms. The molecule has 0 fully saturated rings. The van der Waals surface area contributed by atoms with Gasteiger partial charge in [0.05, 0.1) is 6.21 Å². The Bertz CT molecular complexity index is 1010. The van der Waals surface area contributed by atoms with Crippen LogP contribution in [0.1, 0.15) is 5.56 Å². The van der Waals surface area contributed by atoms with Crippen LogP contribution in [-0.2, 0) is 4.79 Å². The number of hydrogen-bond donors (Lipinski definition) is 3. The van der Waals surface area contributed by atoms with Crippen LogP contribution in [-0.4, -0.2) is 39.3 Å². The third-order valence-corrected chi connectivity index (χ3v) is 3.07. The summed E-state index contributed by atoms with van der Waals surface area (Å²) < 4.78 is 22.4. The number of benzene rings is 1. The summed E-state index contributed by atoms with van der Waals surface area (Å²) in [6.45, 7) is -0.443. The number of nitrogens with zero attached hydrogens (tertiary/aromatic N) is 8. The molecule has 1 aromatic carbocycles. The molecule has 0 aliphatic carbocycles. The van der Waals surface area contributed by atoms with Crippen molar-refractivity contribution in [1.29, 1.82) is 0 Å². The third-order valence-electron chi connectivity index (χ3n) is 3.07. The van der Waals surface area contributed by atoms with Crippen molar-refractivity contribution in [2.24, 2.45) is 15.4 Å². The highest BCUT2D eigenvalue weighted by Crippen LogP contribution is 2.21. The standard InChI is InChI=1S/C13H12FN11O3/c14-8-4-2-1-3-7(8)5-17-18-9(26)6-25(13-11(16)21-28-23-13)24-19-12-10(15)20-27-22-12/h1-5H,6H2,(H2,15,20)(H2,16,21)(H,18,26)/b17-5+,24-19?. The fraction of sp³-hybridized carbons (Fsp3) is 0.0769. The Labute approximate surface area is 155 Å². The van der Waals surface area contributed by atoms with Crippen LogP contribution in [0, 0.1) is 5.82 Å². The molecule has 0 aliphatic rings. The van der Waals surface area contributed by atoms with E-state index >= 15 is 0 Å². The van der Waals surface area contributed by atoms with E-state index in [4.69, 9.17) is 11.5 Å². The summed E-state index contributed by atoms with van der Waals surface area (Å²) in [5.41, 5.74) is 13.5. The number of anilines is 3. The highest BCUT2D eigenvalue weighted by atomic mass is 19.1. The second kappa shape index (κ2) is 8.30. The van der Waals surface area contributed by atoms with Crippen LogP contribution >= 0.6 is 0 Å². The van der Waals surface area contributed by atoms with Gasteiger partial charge in [0, 0.05) is 5.56 Å². The fourth-order valence-corrected chi connectivity index (χ4v) is 1.80. The van der Waals surface area contributed by atoms with E-state index in [2.05, 4.69) is 50.7 Å². The Morgan fingerprint density at radius 3 is 2.61 bits per heavy atom. The van der Waals surface area contributed by atoms with Gasteiger partial charge in [-0.15, -0.1) is 5.11 Å². The van der Waals surface area contributed by atoms with E-state index in [0.717, 1.165) is 11.2 Å². The molecule has 144 valence electrons. The molecule has 14 nitrogen and oxygen atoms in total. The van der Waals surface area contributed by atoms with E-state index in [0.29, 0.717) is 0 Å². The molecule has 0 radical (unpaired) electrons. The molecule has 0 saturated carbocycles. The van der Waals surface area contributed by atoms with Gasteiger partial charge in [0.15, 0.2) is 0 Å². The van der Waals surface area contributed by atoms with Gasteiger partial charge in [-0.3, -0.25) is 4.79 Å². The molecule has 0 atom stereocenters.